The van der Waals surface area contributed by atoms with Gasteiger partial charge in [-0.2, -0.15) is 0 Å². The monoisotopic (exact) mass is 514 g/mol. The SMILES string of the molecule is CCNC(=NCC(=O)Nc1ccc(F)c(F)c1F)N(C)CCOCC1CC1.I. The first-order valence-corrected chi connectivity index (χ1v) is 8.92. The van der Waals surface area contributed by atoms with Crippen molar-refractivity contribution in [2.45, 2.75) is 19.8 Å². The van der Waals surface area contributed by atoms with E-state index in [1.807, 2.05) is 18.9 Å². The first-order valence-electron chi connectivity index (χ1n) is 8.92. The highest BCUT2D eigenvalue weighted by Crippen LogP contribution is 2.28. The Morgan fingerprint density at radius 2 is 2.00 bits per heavy atom. The summed E-state index contributed by atoms with van der Waals surface area (Å²) in [6.07, 6.45) is 2.46. The van der Waals surface area contributed by atoms with E-state index in [-0.39, 0.29) is 30.5 Å². The molecule has 158 valence electrons. The molecule has 1 aromatic rings. The number of anilines is 1. The lowest BCUT2D eigenvalue weighted by molar-refractivity contribution is -0.114. The largest absolute Gasteiger partial charge is 0.379 e. The Bertz CT molecular complexity index is 687. The van der Waals surface area contributed by atoms with E-state index < -0.39 is 29.0 Å². The summed E-state index contributed by atoms with van der Waals surface area (Å²) >= 11 is 0. The molecule has 0 radical (unpaired) electrons. The van der Waals surface area contributed by atoms with E-state index >= 15 is 0 Å². The van der Waals surface area contributed by atoms with Crippen LogP contribution in [0.3, 0.4) is 0 Å². The van der Waals surface area contributed by atoms with Gasteiger partial charge >= 0.3 is 0 Å². The Morgan fingerprint density at radius 3 is 2.64 bits per heavy atom. The van der Waals surface area contributed by atoms with E-state index in [0.717, 1.165) is 18.7 Å². The Hall–Kier alpha value is -1.56. The molecule has 1 aromatic carbocycles. The summed E-state index contributed by atoms with van der Waals surface area (Å²) in [6.45, 7) is 4.11. The van der Waals surface area contributed by atoms with Gasteiger partial charge in [-0.1, -0.05) is 0 Å². The van der Waals surface area contributed by atoms with Gasteiger partial charge in [0.1, 0.15) is 6.54 Å². The fraction of sp³-hybridized carbons (Fsp3) is 0.556. The molecule has 0 aliphatic heterocycles. The molecule has 1 fully saturated rings. The summed E-state index contributed by atoms with van der Waals surface area (Å²) < 4.78 is 45.3. The third-order valence-corrected chi connectivity index (χ3v) is 4.00. The summed E-state index contributed by atoms with van der Waals surface area (Å²) in [5.74, 6) is -3.84. The average molecular weight is 514 g/mol. The number of hydrogen-bond acceptors (Lipinski definition) is 3. The van der Waals surface area contributed by atoms with Gasteiger partial charge in [0.2, 0.25) is 5.91 Å². The van der Waals surface area contributed by atoms with Crippen LogP contribution in [0, 0.1) is 23.4 Å². The average Bonchev–Trinajstić information content (AvgIpc) is 3.47. The number of halogens is 4. The number of nitrogens with one attached hydrogen (secondary N) is 2. The molecule has 0 unspecified atom stereocenters. The third-order valence-electron chi connectivity index (χ3n) is 4.00. The number of ether oxygens (including phenoxy) is 1. The molecule has 2 rings (SSSR count). The minimum absolute atomic E-state index is 0. The van der Waals surface area contributed by atoms with Gasteiger partial charge in [0, 0.05) is 26.7 Å². The maximum Gasteiger partial charge on any atom is 0.246 e. The van der Waals surface area contributed by atoms with Crippen molar-refractivity contribution in [2.75, 3.05) is 45.2 Å². The van der Waals surface area contributed by atoms with E-state index in [0.29, 0.717) is 31.6 Å². The van der Waals surface area contributed by atoms with Crippen molar-refractivity contribution in [3.05, 3.63) is 29.6 Å². The molecular formula is C18H26F3IN4O2. The molecule has 28 heavy (non-hydrogen) atoms. The number of likely N-dealkylation sites (N-methyl/N-ethyl adjacent to an activating group) is 1. The smallest absolute Gasteiger partial charge is 0.246 e. The number of rotatable bonds is 9. The molecule has 0 saturated heterocycles. The molecule has 1 amide bonds. The number of nitrogens with zero attached hydrogens (tertiary/aromatic N) is 2. The van der Waals surface area contributed by atoms with Gasteiger partial charge in [0.05, 0.1) is 12.3 Å². The van der Waals surface area contributed by atoms with Gasteiger partial charge in [-0.05, 0) is 37.8 Å². The van der Waals surface area contributed by atoms with Gasteiger partial charge in [0.25, 0.3) is 0 Å². The highest BCUT2D eigenvalue weighted by Gasteiger charge is 2.21. The lowest BCUT2D eigenvalue weighted by Gasteiger charge is -2.22. The van der Waals surface area contributed by atoms with Crippen LogP contribution in [0.1, 0.15) is 19.8 Å². The lowest BCUT2D eigenvalue weighted by atomic mass is 10.3. The van der Waals surface area contributed by atoms with Gasteiger partial charge in [-0.25, -0.2) is 18.2 Å². The molecule has 0 aromatic heterocycles. The molecule has 0 spiro atoms. The normalized spacial score (nSPS) is 13.7. The zero-order valence-electron chi connectivity index (χ0n) is 15.9. The number of amides is 1. The maximum atomic E-state index is 13.6. The molecule has 6 nitrogen and oxygen atoms in total. The highest BCUT2D eigenvalue weighted by atomic mass is 127. The number of carbonyl (C=O) groups is 1. The number of carbonyl (C=O) groups excluding carboxylic acids is 1. The first-order chi connectivity index (χ1) is 12.9. The van der Waals surface area contributed by atoms with Crippen LogP contribution < -0.4 is 10.6 Å². The van der Waals surface area contributed by atoms with Crippen molar-refractivity contribution in [3.63, 3.8) is 0 Å². The minimum atomic E-state index is -1.63. The third kappa shape index (κ3) is 7.82. The standard InChI is InChI=1S/C18H25F3N4O2.HI/c1-3-22-18(25(2)8-9-27-11-12-4-5-12)23-10-15(26)24-14-7-6-13(19)16(20)17(14)21;/h6-7,12H,3-5,8-11H2,1-2H3,(H,22,23)(H,24,26);1H. The summed E-state index contributed by atoms with van der Waals surface area (Å²) in [5.41, 5.74) is -0.430. The second-order valence-corrected chi connectivity index (χ2v) is 6.38. The van der Waals surface area contributed by atoms with Crippen molar-refractivity contribution < 1.29 is 22.7 Å². The van der Waals surface area contributed by atoms with Crippen molar-refractivity contribution in [2.24, 2.45) is 10.9 Å². The van der Waals surface area contributed by atoms with E-state index in [2.05, 4.69) is 15.6 Å². The van der Waals surface area contributed by atoms with Crippen molar-refractivity contribution in [3.8, 4) is 0 Å². The predicted octanol–water partition coefficient (Wildman–Crippen LogP) is 2.98. The number of benzene rings is 1. The highest BCUT2D eigenvalue weighted by molar-refractivity contribution is 14.0. The zero-order chi connectivity index (χ0) is 19.8. The van der Waals surface area contributed by atoms with Crippen LogP contribution in [-0.4, -0.2) is 56.7 Å². The minimum Gasteiger partial charge on any atom is -0.379 e. The second-order valence-electron chi connectivity index (χ2n) is 6.38. The number of guanidine groups is 1. The predicted molar refractivity (Wildman–Crippen MR) is 113 cm³/mol. The molecular weight excluding hydrogens is 488 g/mol. The van der Waals surface area contributed by atoms with Crippen LogP contribution in [0.4, 0.5) is 18.9 Å². The van der Waals surface area contributed by atoms with E-state index in [1.54, 1.807) is 0 Å². The zero-order valence-corrected chi connectivity index (χ0v) is 18.3. The first kappa shape index (κ1) is 24.5. The molecule has 1 saturated carbocycles. The summed E-state index contributed by atoms with van der Waals surface area (Å²) in [4.78, 5) is 18.0. The Morgan fingerprint density at radius 1 is 1.29 bits per heavy atom. The van der Waals surface area contributed by atoms with Crippen LogP contribution in [-0.2, 0) is 9.53 Å². The summed E-state index contributed by atoms with van der Waals surface area (Å²) in [7, 11) is 1.81. The molecule has 0 bridgehead atoms. The van der Waals surface area contributed by atoms with Gasteiger partial charge in [-0.3, -0.25) is 4.79 Å². The quantitative estimate of drug-likeness (QED) is 0.175. The second kappa shape index (κ2) is 12.1. The van der Waals surface area contributed by atoms with E-state index in [9.17, 15) is 18.0 Å². The van der Waals surface area contributed by atoms with Crippen LogP contribution in [0.15, 0.2) is 17.1 Å². The molecule has 1 aliphatic carbocycles. The van der Waals surface area contributed by atoms with Crippen LogP contribution >= 0.6 is 24.0 Å². The Kier molecular flexibility index (Phi) is 10.6. The maximum absolute atomic E-state index is 13.6. The van der Waals surface area contributed by atoms with E-state index in [4.69, 9.17) is 4.74 Å². The molecule has 0 heterocycles. The fourth-order valence-corrected chi connectivity index (χ4v) is 2.27. The van der Waals surface area contributed by atoms with Crippen molar-refractivity contribution >= 4 is 41.5 Å². The van der Waals surface area contributed by atoms with Crippen LogP contribution in [0.2, 0.25) is 0 Å². The van der Waals surface area contributed by atoms with Crippen molar-refractivity contribution in [1.82, 2.24) is 10.2 Å². The van der Waals surface area contributed by atoms with Gasteiger partial charge < -0.3 is 20.3 Å². The van der Waals surface area contributed by atoms with Crippen LogP contribution in [0.25, 0.3) is 0 Å². The fourth-order valence-electron chi connectivity index (χ4n) is 2.27. The number of aliphatic imine (C=N–C) groups is 1. The molecule has 10 heteroatoms. The molecule has 0 atom stereocenters. The van der Waals surface area contributed by atoms with Gasteiger partial charge in [0.15, 0.2) is 23.4 Å². The molecule has 1 aliphatic rings. The van der Waals surface area contributed by atoms with Gasteiger partial charge in [-0.15, -0.1) is 24.0 Å². The topological polar surface area (TPSA) is 66.0 Å². The Labute approximate surface area is 179 Å². The number of hydrogen-bond donors (Lipinski definition) is 2. The van der Waals surface area contributed by atoms with E-state index in [1.165, 1.54) is 12.8 Å². The summed E-state index contributed by atoms with van der Waals surface area (Å²) in [6, 6.07) is 1.71. The van der Waals surface area contributed by atoms with Crippen molar-refractivity contribution in [1.29, 1.82) is 0 Å². The van der Waals surface area contributed by atoms with Crippen LogP contribution in [0.5, 0.6) is 0 Å². The molecule has 2 N–H and O–H groups in total. The summed E-state index contributed by atoms with van der Waals surface area (Å²) in [5, 5.41) is 5.24. The lowest BCUT2D eigenvalue weighted by Crippen LogP contribution is -2.41. The Balaban J connectivity index is 0.00000392.